The Hall–Kier alpha value is -3.91. The molecule has 0 aliphatic heterocycles. The summed E-state index contributed by atoms with van der Waals surface area (Å²) < 4.78 is 32.9. The summed E-state index contributed by atoms with van der Waals surface area (Å²) in [5, 5.41) is 3.20. The fourth-order valence-corrected chi connectivity index (χ4v) is 4.09. The molecule has 2 N–H and O–H groups in total. The molecular weight excluding hydrogens is 412 g/mol. The topological polar surface area (TPSA) is 93.2 Å². The lowest BCUT2D eigenvalue weighted by Gasteiger charge is -2.11. The lowest BCUT2D eigenvalue weighted by molar-refractivity contribution is 0.416. The van der Waals surface area contributed by atoms with Gasteiger partial charge in [0.15, 0.2) is 0 Å². The molecule has 1 aromatic heterocycles. The zero-order valence-corrected chi connectivity index (χ0v) is 17.5. The van der Waals surface area contributed by atoms with Crippen LogP contribution in [-0.4, -0.2) is 25.5 Å². The number of rotatable bonds is 7. The number of sulfonamides is 1. The zero-order chi connectivity index (χ0) is 21.7. The lowest BCUT2D eigenvalue weighted by atomic mass is 10.1. The molecule has 0 aliphatic rings. The smallest absolute Gasteiger partial charge is 0.261 e. The molecule has 0 saturated carbocycles. The van der Waals surface area contributed by atoms with Crippen molar-refractivity contribution in [1.82, 2.24) is 9.97 Å². The molecule has 0 radical (unpaired) electrons. The fourth-order valence-electron chi connectivity index (χ4n) is 3.01. The van der Waals surface area contributed by atoms with E-state index in [1.54, 1.807) is 61.7 Å². The Morgan fingerprint density at radius 1 is 0.806 bits per heavy atom. The highest BCUT2D eigenvalue weighted by Gasteiger charge is 2.13. The van der Waals surface area contributed by atoms with Crippen LogP contribution in [0.2, 0.25) is 0 Å². The van der Waals surface area contributed by atoms with E-state index in [-0.39, 0.29) is 4.90 Å². The second-order valence-electron chi connectivity index (χ2n) is 6.61. The predicted octanol–water partition coefficient (Wildman–Crippen LogP) is 4.70. The van der Waals surface area contributed by atoms with Gasteiger partial charge in [-0.05, 0) is 48.5 Å². The third-order valence-electron chi connectivity index (χ3n) is 4.51. The maximum atomic E-state index is 12.4. The summed E-state index contributed by atoms with van der Waals surface area (Å²) in [6.07, 6.45) is 1.48. The summed E-state index contributed by atoms with van der Waals surface area (Å²) in [5.41, 5.74) is 2.81. The van der Waals surface area contributed by atoms with Crippen LogP contribution in [0.1, 0.15) is 0 Å². The summed E-state index contributed by atoms with van der Waals surface area (Å²) in [5.74, 6) is 1.33. The third kappa shape index (κ3) is 4.81. The second kappa shape index (κ2) is 8.85. The Kier molecular flexibility index (Phi) is 5.81. The number of methoxy groups -OCH3 is 1. The highest BCUT2D eigenvalue weighted by Crippen LogP contribution is 2.29. The number of ether oxygens (including phenoxy) is 1. The van der Waals surface area contributed by atoms with E-state index < -0.39 is 10.0 Å². The first-order valence-electron chi connectivity index (χ1n) is 9.45. The minimum atomic E-state index is -3.63. The minimum Gasteiger partial charge on any atom is -0.496 e. The monoisotopic (exact) mass is 432 g/mol. The van der Waals surface area contributed by atoms with Gasteiger partial charge in [-0.2, -0.15) is 0 Å². The molecule has 3 aromatic carbocycles. The Morgan fingerprint density at radius 3 is 2.23 bits per heavy atom. The second-order valence-corrected chi connectivity index (χ2v) is 8.29. The molecule has 0 bridgehead atoms. The molecule has 8 heteroatoms. The van der Waals surface area contributed by atoms with E-state index in [0.29, 0.717) is 11.5 Å². The van der Waals surface area contributed by atoms with E-state index in [9.17, 15) is 8.42 Å². The number of nitrogens with one attached hydrogen (secondary N) is 2. The number of para-hydroxylation sites is 1. The predicted molar refractivity (Wildman–Crippen MR) is 121 cm³/mol. The summed E-state index contributed by atoms with van der Waals surface area (Å²) in [7, 11) is -2.01. The largest absolute Gasteiger partial charge is 0.496 e. The van der Waals surface area contributed by atoms with Crippen LogP contribution in [0.3, 0.4) is 0 Å². The number of benzene rings is 3. The van der Waals surface area contributed by atoms with Gasteiger partial charge in [-0.1, -0.05) is 30.3 Å². The molecule has 0 aliphatic carbocycles. The lowest BCUT2D eigenvalue weighted by Crippen LogP contribution is -2.12. The van der Waals surface area contributed by atoms with Crippen LogP contribution < -0.4 is 14.8 Å². The highest BCUT2D eigenvalue weighted by molar-refractivity contribution is 7.92. The Balaban J connectivity index is 1.50. The van der Waals surface area contributed by atoms with E-state index >= 15 is 0 Å². The summed E-state index contributed by atoms with van der Waals surface area (Å²) in [6, 6.07) is 24.6. The van der Waals surface area contributed by atoms with Gasteiger partial charge in [-0.3, -0.25) is 4.72 Å². The first-order valence-corrected chi connectivity index (χ1v) is 10.9. The maximum Gasteiger partial charge on any atom is 0.261 e. The van der Waals surface area contributed by atoms with Crippen LogP contribution in [0, 0.1) is 0 Å². The van der Waals surface area contributed by atoms with E-state index in [1.165, 1.54) is 6.33 Å². The van der Waals surface area contributed by atoms with Gasteiger partial charge >= 0.3 is 0 Å². The van der Waals surface area contributed by atoms with Crippen molar-refractivity contribution in [3.8, 4) is 17.0 Å². The van der Waals surface area contributed by atoms with Crippen LogP contribution in [0.5, 0.6) is 5.75 Å². The van der Waals surface area contributed by atoms with Crippen LogP contribution in [-0.2, 0) is 10.0 Å². The van der Waals surface area contributed by atoms with Crippen molar-refractivity contribution in [3.63, 3.8) is 0 Å². The number of nitrogens with zero attached hydrogens (tertiary/aromatic N) is 2. The van der Waals surface area contributed by atoms with Crippen molar-refractivity contribution in [3.05, 3.63) is 91.3 Å². The number of aromatic nitrogens is 2. The molecular formula is C23H20N4O3S. The molecule has 7 nitrogen and oxygen atoms in total. The van der Waals surface area contributed by atoms with Gasteiger partial charge < -0.3 is 10.1 Å². The maximum absolute atomic E-state index is 12.4. The molecule has 1 heterocycles. The van der Waals surface area contributed by atoms with E-state index in [4.69, 9.17) is 4.74 Å². The first kappa shape index (κ1) is 20.4. The standard InChI is InChI=1S/C23H20N4O3S/c1-30-22-10-6-5-9-20(22)21-15-23(25-16-24-21)26-17-11-13-18(14-12-17)27-31(28,29)19-7-3-2-4-8-19/h2-16,27H,1H3,(H,24,25,26). The van der Waals surface area contributed by atoms with E-state index in [1.807, 2.05) is 30.3 Å². The van der Waals surface area contributed by atoms with Crippen molar-refractivity contribution in [2.45, 2.75) is 4.90 Å². The summed E-state index contributed by atoms with van der Waals surface area (Å²) in [6.45, 7) is 0. The molecule has 0 saturated heterocycles. The summed E-state index contributed by atoms with van der Waals surface area (Å²) in [4.78, 5) is 8.81. The third-order valence-corrected chi connectivity index (χ3v) is 5.91. The Labute approximate surface area is 180 Å². The van der Waals surface area contributed by atoms with Gasteiger partial charge in [0.25, 0.3) is 10.0 Å². The average Bonchev–Trinajstić information content (AvgIpc) is 2.81. The van der Waals surface area contributed by atoms with Crippen molar-refractivity contribution >= 4 is 27.2 Å². The highest BCUT2D eigenvalue weighted by atomic mass is 32.2. The SMILES string of the molecule is COc1ccccc1-c1cc(Nc2ccc(NS(=O)(=O)c3ccccc3)cc2)ncn1. The zero-order valence-electron chi connectivity index (χ0n) is 16.7. The van der Waals surface area contributed by atoms with Crippen molar-refractivity contribution < 1.29 is 13.2 Å². The number of anilines is 3. The van der Waals surface area contributed by atoms with E-state index in [0.717, 1.165) is 22.7 Å². The van der Waals surface area contributed by atoms with Gasteiger partial charge in [0.05, 0.1) is 17.7 Å². The van der Waals surface area contributed by atoms with Gasteiger partial charge in [0.2, 0.25) is 0 Å². The van der Waals surface area contributed by atoms with Gasteiger partial charge in [-0.15, -0.1) is 0 Å². The van der Waals surface area contributed by atoms with Crippen LogP contribution in [0.4, 0.5) is 17.2 Å². The van der Waals surface area contributed by atoms with Crippen molar-refractivity contribution in [1.29, 1.82) is 0 Å². The Bertz CT molecular complexity index is 1280. The first-order chi connectivity index (χ1) is 15.0. The van der Waals surface area contributed by atoms with Crippen molar-refractivity contribution in [2.24, 2.45) is 0 Å². The molecule has 0 atom stereocenters. The minimum absolute atomic E-state index is 0.210. The van der Waals surface area contributed by atoms with Gasteiger partial charge in [0, 0.05) is 23.0 Å². The molecule has 0 fully saturated rings. The molecule has 0 amide bonds. The molecule has 0 spiro atoms. The van der Waals surface area contributed by atoms with E-state index in [2.05, 4.69) is 20.0 Å². The molecule has 156 valence electrons. The van der Waals surface area contributed by atoms with Crippen LogP contribution in [0.15, 0.2) is 96.2 Å². The summed E-state index contributed by atoms with van der Waals surface area (Å²) >= 11 is 0. The fraction of sp³-hybridized carbons (Fsp3) is 0.0435. The van der Waals surface area contributed by atoms with Crippen molar-refractivity contribution in [2.75, 3.05) is 17.1 Å². The molecule has 31 heavy (non-hydrogen) atoms. The van der Waals surface area contributed by atoms with Gasteiger partial charge in [0.1, 0.15) is 17.9 Å². The molecule has 4 rings (SSSR count). The van der Waals surface area contributed by atoms with Crippen LogP contribution >= 0.6 is 0 Å². The normalized spacial score (nSPS) is 11.0. The van der Waals surface area contributed by atoms with Gasteiger partial charge in [-0.25, -0.2) is 18.4 Å². The quantitative estimate of drug-likeness (QED) is 0.440. The average molecular weight is 433 g/mol. The van der Waals surface area contributed by atoms with Crippen LogP contribution in [0.25, 0.3) is 11.3 Å². The number of hydrogen-bond donors (Lipinski definition) is 2. The molecule has 4 aromatic rings. The Morgan fingerprint density at radius 2 is 1.48 bits per heavy atom. The number of hydrogen-bond acceptors (Lipinski definition) is 6. The molecule has 0 unspecified atom stereocenters.